The molecule has 0 unspecified atom stereocenters. The van der Waals surface area contributed by atoms with Crippen LogP contribution in [0.25, 0.3) is 0 Å². The molecule has 1 aliphatic heterocycles. The van der Waals surface area contributed by atoms with Crippen LogP contribution >= 0.6 is 55.3 Å². The second kappa shape index (κ2) is 3.73. The molecule has 1 aromatic rings. The number of carbonyl (C=O) groups excluding carboxylic acids is 2. The lowest BCUT2D eigenvalue weighted by molar-refractivity contribution is 0.0785. The van der Waals surface area contributed by atoms with Gasteiger partial charge in [0, 0.05) is 0 Å². The quantitative estimate of drug-likeness (QED) is 0.395. The van der Waals surface area contributed by atoms with E-state index in [1.807, 2.05) is 0 Å². The number of amides is 2. The summed E-state index contributed by atoms with van der Waals surface area (Å²) in [6, 6.07) is 1.38. The van der Waals surface area contributed by atoms with Crippen LogP contribution in [0, 0.1) is 0 Å². The van der Waals surface area contributed by atoms with E-state index in [4.69, 9.17) is 23.2 Å². The Balaban J connectivity index is 2.81. The van der Waals surface area contributed by atoms with Crippen molar-refractivity contribution in [2.45, 2.75) is 0 Å². The lowest BCUT2D eigenvalue weighted by atomic mass is 10.1. The number of hydrogen-bond acceptors (Lipinski definition) is 2. The Morgan fingerprint density at radius 2 is 1.80 bits per heavy atom. The monoisotopic (exact) mass is 371 g/mol. The highest BCUT2D eigenvalue weighted by atomic mass is 79.9. The first-order chi connectivity index (χ1) is 6.95. The number of imide groups is 1. The fourth-order valence-corrected chi connectivity index (χ4v) is 2.70. The van der Waals surface area contributed by atoms with Gasteiger partial charge in [-0.25, -0.2) is 3.93 Å². The van der Waals surface area contributed by atoms with Gasteiger partial charge >= 0.3 is 0 Å². The van der Waals surface area contributed by atoms with Gasteiger partial charge in [0.05, 0.1) is 41.8 Å². The van der Waals surface area contributed by atoms with Crippen LogP contribution in [0.3, 0.4) is 0 Å². The molecule has 0 aromatic heterocycles. The lowest BCUT2D eigenvalue weighted by Crippen LogP contribution is -2.17. The first kappa shape index (κ1) is 11.4. The van der Waals surface area contributed by atoms with Gasteiger partial charge in [0.25, 0.3) is 11.8 Å². The molecular formula is C8HBr2Cl2NO2. The second-order valence-electron chi connectivity index (χ2n) is 2.80. The highest BCUT2D eigenvalue weighted by Crippen LogP contribution is 2.39. The van der Waals surface area contributed by atoms with Crippen molar-refractivity contribution in [1.29, 1.82) is 0 Å². The molecule has 3 nitrogen and oxygen atoms in total. The van der Waals surface area contributed by atoms with Crippen LogP contribution in [0.4, 0.5) is 0 Å². The van der Waals surface area contributed by atoms with E-state index in [9.17, 15) is 9.59 Å². The standard InChI is InChI=1S/C8HBr2Cl2NO2/c9-5-4-2(1-3(11)6(5)12)7(14)13(10)8(4)15/h1H. The first-order valence-corrected chi connectivity index (χ1v) is 5.93. The maximum Gasteiger partial charge on any atom is 0.272 e. The number of nitrogens with zero attached hydrogens (tertiary/aromatic N) is 1. The number of halogens is 4. The Morgan fingerprint density at radius 3 is 2.40 bits per heavy atom. The minimum atomic E-state index is -0.458. The molecule has 0 atom stereocenters. The zero-order valence-electron chi connectivity index (χ0n) is 6.85. The largest absolute Gasteiger partial charge is 0.272 e. The van der Waals surface area contributed by atoms with Crippen LogP contribution in [0.1, 0.15) is 20.7 Å². The zero-order valence-corrected chi connectivity index (χ0v) is 11.5. The van der Waals surface area contributed by atoms with Gasteiger partial charge in [-0.3, -0.25) is 9.59 Å². The van der Waals surface area contributed by atoms with E-state index in [1.165, 1.54) is 6.07 Å². The van der Waals surface area contributed by atoms with E-state index in [2.05, 4.69) is 32.1 Å². The van der Waals surface area contributed by atoms with Crippen molar-refractivity contribution >= 4 is 67.1 Å². The molecule has 0 spiro atoms. The Hall–Kier alpha value is -0.100. The third kappa shape index (κ3) is 1.53. The van der Waals surface area contributed by atoms with Gasteiger partial charge in [0.15, 0.2) is 0 Å². The Kier molecular flexibility index (Phi) is 2.83. The fraction of sp³-hybridized carbons (Fsp3) is 0. The molecule has 0 fully saturated rings. The van der Waals surface area contributed by atoms with Gasteiger partial charge in [-0.2, -0.15) is 0 Å². The molecule has 0 N–H and O–H groups in total. The molecule has 78 valence electrons. The molecule has 0 bridgehead atoms. The van der Waals surface area contributed by atoms with Crippen LogP contribution in [-0.2, 0) is 0 Å². The summed E-state index contributed by atoms with van der Waals surface area (Å²) in [5.74, 6) is -0.908. The van der Waals surface area contributed by atoms with Gasteiger partial charge < -0.3 is 0 Å². The molecule has 0 saturated heterocycles. The molecule has 0 saturated carbocycles. The van der Waals surface area contributed by atoms with Crippen LogP contribution in [0.2, 0.25) is 10.0 Å². The highest BCUT2D eigenvalue weighted by Gasteiger charge is 2.37. The number of hydrogen-bond donors (Lipinski definition) is 0. The average Bonchev–Trinajstić information content (AvgIpc) is 2.40. The maximum atomic E-state index is 11.6. The summed E-state index contributed by atoms with van der Waals surface area (Å²) in [7, 11) is 0. The van der Waals surface area contributed by atoms with E-state index in [1.54, 1.807) is 0 Å². The van der Waals surface area contributed by atoms with Crippen molar-refractivity contribution in [3.8, 4) is 0 Å². The summed E-state index contributed by atoms with van der Waals surface area (Å²) in [6.45, 7) is 0. The second-order valence-corrected chi connectivity index (χ2v) is 5.09. The maximum absolute atomic E-state index is 11.6. The molecule has 2 amide bonds. The molecule has 1 heterocycles. The van der Waals surface area contributed by atoms with Gasteiger partial charge in [-0.05, 0) is 22.0 Å². The molecule has 15 heavy (non-hydrogen) atoms. The topological polar surface area (TPSA) is 37.4 Å². The molecule has 1 aromatic carbocycles. The highest BCUT2D eigenvalue weighted by molar-refractivity contribution is 9.10. The third-order valence-electron chi connectivity index (χ3n) is 1.96. The van der Waals surface area contributed by atoms with E-state index >= 15 is 0 Å². The van der Waals surface area contributed by atoms with Crippen molar-refractivity contribution in [2.75, 3.05) is 0 Å². The summed E-state index contributed by atoms with van der Waals surface area (Å²) < 4.78 is 1.18. The number of rotatable bonds is 0. The zero-order chi connectivity index (χ0) is 11.3. The van der Waals surface area contributed by atoms with Gasteiger partial charge in [0.2, 0.25) is 0 Å². The smallest absolute Gasteiger partial charge is 0.268 e. The predicted molar refractivity (Wildman–Crippen MR) is 63.6 cm³/mol. The summed E-state index contributed by atoms with van der Waals surface area (Å²) in [6.07, 6.45) is 0. The van der Waals surface area contributed by atoms with E-state index in [0.29, 0.717) is 4.47 Å². The summed E-state index contributed by atoms with van der Waals surface area (Å²) in [4.78, 5) is 23.2. The fourth-order valence-electron chi connectivity index (χ4n) is 1.27. The van der Waals surface area contributed by atoms with Crippen molar-refractivity contribution < 1.29 is 9.59 Å². The Morgan fingerprint density at radius 1 is 1.20 bits per heavy atom. The first-order valence-electron chi connectivity index (χ1n) is 3.67. The van der Waals surface area contributed by atoms with E-state index < -0.39 is 11.8 Å². The minimum absolute atomic E-state index is 0.222. The van der Waals surface area contributed by atoms with Crippen molar-refractivity contribution in [3.05, 3.63) is 31.7 Å². The molecule has 7 heteroatoms. The average molecular weight is 374 g/mol. The summed E-state index contributed by atoms with van der Waals surface area (Å²) in [5, 5.41) is 0.450. The Bertz CT molecular complexity index is 504. The summed E-state index contributed by atoms with van der Waals surface area (Å²) in [5.41, 5.74) is 0.462. The molecule has 0 radical (unpaired) electrons. The van der Waals surface area contributed by atoms with Crippen LogP contribution in [-0.4, -0.2) is 15.7 Å². The normalized spacial score (nSPS) is 14.8. The van der Waals surface area contributed by atoms with Crippen molar-refractivity contribution in [3.63, 3.8) is 0 Å². The van der Waals surface area contributed by atoms with Crippen LogP contribution < -0.4 is 0 Å². The van der Waals surface area contributed by atoms with Crippen LogP contribution in [0.5, 0.6) is 0 Å². The van der Waals surface area contributed by atoms with Gasteiger partial charge in [0.1, 0.15) is 0 Å². The lowest BCUT2D eigenvalue weighted by Gasteiger charge is -2.02. The third-order valence-corrected chi connectivity index (χ3v) is 4.42. The van der Waals surface area contributed by atoms with Gasteiger partial charge in [-0.15, -0.1) is 0 Å². The number of fused-ring (bicyclic) bond motifs is 1. The Labute approximate surface area is 112 Å². The molecule has 2 rings (SSSR count). The van der Waals surface area contributed by atoms with Crippen molar-refractivity contribution in [2.24, 2.45) is 0 Å². The number of carbonyl (C=O) groups is 2. The van der Waals surface area contributed by atoms with E-state index in [-0.39, 0.29) is 21.2 Å². The minimum Gasteiger partial charge on any atom is -0.268 e. The summed E-state index contributed by atoms with van der Waals surface area (Å²) >= 11 is 17.6. The SMILES string of the molecule is O=C1c2cc(Cl)c(Cl)c(Br)c2C(=O)N1Br. The molecule has 0 aliphatic carbocycles. The van der Waals surface area contributed by atoms with Crippen LogP contribution in [0.15, 0.2) is 10.5 Å². The number of benzene rings is 1. The van der Waals surface area contributed by atoms with Gasteiger partial charge in [-0.1, -0.05) is 23.2 Å². The van der Waals surface area contributed by atoms with Crippen molar-refractivity contribution in [1.82, 2.24) is 3.93 Å². The predicted octanol–water partition coefficient (Wildman–Crippen LogP) is 3.66. The molecular weight excluding hydrogens is 373 g/mol. The van der Waals surface area contributed by atoms with E-state index in [0.717, 1.165) is 3.93 Å². The molecule has 1 aliphatic rings.